The number of aromatic hydroxyl groups is 1. The fourth-order valence-corrected chi connectivity index (χ4v) is 2.49. The molecule has 0 spiro atoms. The number of guanidine groups is 1. The van der Waals surface area contributed by atoms with Gasteiger partial charge in [-0.15, -0.1) is 0 Å². The van der Waals surface area contributed by atoms with Gasteiger partial charge in [-0.25, -0.2) is 4.68 Å². The van der Waals surface area contributed by atoms with Crippen LogP contribution in [0.4, 0.5) is 0 Å². The Bertz CT molecular complexity index is 561. The fourth-order valence-electron chi connectivity index (χ4n) is 2.49. The summed E-state index contributed by atoms with van der Waals surface area (Å²) in [5, 5.41) is 19.9. The molecule has 1 atom stereocenters. The van der Waals surface area contributed by atoms with E-state index >= 15 is 0 Å². The highest BCUT2D eigenvalue weighted by Gasteiger charge is 2.27. The van der Waals surface area contributed by atoms with E-state index in [1.54, 1.807) is 18.8 Å². The molecule has 0 aromatic carbocycles. The van der Waals surface area contributed by atoms with Crippen molar-refractivity contribution in [2.75, 3.05) is 20.7 Å². The molecular formula is C14H23N5O3. The van der Waals surface area contributed by atoms with Crippen LogP contribution in [0.2, 0.25) is 0 Å². The number of rotatable bonds is 3. The predicted molar refractivity (Wildman–Crippen MR) is 82.0 cm³/mol. The number of carbonyl (C=O) groups is 1. The first-order valence-electron chi connectivity index (χ1n) is 7.50. The Hall–Kier alpha value is -2.09. The summed E-state index contributed by atoms with van der Waals surface area (Å²) in [6, 6.07) is 0. The molecule has 0 saturated carbocycles. The van der Waals surface area contributed by atoms with Gasteiger partial charge in [-0.2, -0.15) is 5.10 Å². The van der Waals surface area contributed by atoms with Gasteiger partial charge in [0, 0.05) is 20.7 Å². The second-order valence-corrected chi connectivity index (χ2v) is 5.04. The number of aromatic nitrogens is 2. The quantitative estimate of drug-likeness (QED) is 0.566. The van der Waals surface area contributed by atoms with Crippen LogP contribution in [-0.2, 0) is 11.2 Å². The molecule has 22 heavy (non-hydrogen) atoms. The van der Waals surface area contributed by atoms with Gasteiger partial charge in [0.25, 0.3) is 5.91 Å². The molecule has 1 aliphatic rings. The van der Waals surface area contributed by atoms with E-state index in [-0.39, 0.29) is 17.7 Å². The number of nitrogens with one attached hydrogen (secondary N) is 2. The Kier molecular flexibility index (Phi) is 5.37. The number of hydrogen-bond acceptors (Lipinski definition) is 5. The van der Waals surface area contributed by atoms with E-state index in [1.165, 1.54) is 0 Å². The number of aliphatic imine (C=N–C) groups is 1. The van der Waals surface area contributed by atoms with Crippen LogP contribution >= 0.6 is 0 Å². The van der Waals surface area contributed by atoms with Gasteiger partial charge in [0.05, 0.1) is 5.69 Å². The molecule has 0 aliphatic carbocycles. The molecule has 2 rings (SSSR count). The lowest BCUT2D eigenvalue weighted by Gasteiger charge is -2.24. The molecule has 1 unspecified atom stereocenters. The van der Waals surface area contributed by atoms with E-state index in [9.17, 15) is 9.90 Å². The molecule has 0 bridgehead atoms. The van der Waals surface area contributed by atoms with E-state index in [0.29, 0.717) is 24.7 Å². The molecule has 1 aromatic heterocycles. The Labute approximate surface area is 129 Å². The van der Waals surface area contributed by atoms with Gasteiger partial charge in [-0.3, -0.25) is 15.1 Å². The van der Waals surface area contributed by atoms with Crippen molar-refractivity contribution in [1.29, 1.82) is 0 Å². The van der Waals surface area contributed by atoms with Crippen molar-refractivity contribution in [3.63, 3.8) is 0 Å². The van der Waals surface area contributed by atoms with Crippen LogP contribution in [0.1, 0.15) is 48.6 Å². The third-order valence-corrected chi connectivity index (χ3v) is 3.65. The van der Waals surface area contributed by atoms with Gasteiger partial charge < -0.3 is 15.2 Å². The second kappa shape index (κ2) is 7.26. The molecule has 1 aromatic rings. The van der Waals surface area contributed by atoms with Crippen molar-refractivity contribution in [2.45, 2.75) is 38.8 Å². The van der Waals surface area contributed by atoms with E-state index < -0.39 is 5.91 Å². The summed E-state index contributed by atoms with van der Waals surface area (Å²) in [6.45, 7) is 2.58. The number of hydrogen-bond donors (Lipinski definition) is 3. The van der Waals surface area contributed by atoms with Gasteiger partial charge in [0.2, 0.25) is 0 Å². The molecule has 1 fully saturated rings. The maximum atomic E-state index is 12.2. The summed E-state index contributed by atoms with van der Waals surface area (Å²) in [4.78, 5) is 16.1. The summed E-state index contributed by atoms with van der Waals surface area (Å²) in [6.07, 6.45) is 3.24. The average molecular weight is 309 g/mol. The van der Waals surface area contributed by atoms with Crippen LogP contribution < -0.4 is 10.6 Å². The topological polar surface area (TPSA) is 101 Å². The van der Waals surface area contributed by atoms with Crippen LogP contribution in [0.25, 0.3) is 0 Å². The third-order valence-electron chi connectivity index (χ3n) is 3.65. The van der Waals surface area contributed by atoms with E-state index in [4.69, 9.17) is 4.74 Å². The molecule has 122 valence electrons. The minimum absolute atomic E-state index is 0.0116. The number of nitrogens with zero attached hydrogens (tertiary/aromatic N) is 3. The summed E-state index contributed by atoms with van der Waals surface area (Å²) >= 11 is 0. The third kappa shape index (κ3) is 3.22. The number of carbonyl (C=O) groups excluding carboxylic acids is 1. The molecular weight excluding hydrogens is 286 g/mol. The van der Waals surface area contributed by atoms with Crippen LogP contribution in [-0.4, -0.2) is 47.5 Å². The minimum Gasteiger partial charge on any atom is -0.504 e. The predicted octanol–water partition coefficient (Wildman–Crippen LogP) is 0.785. The first kappa shape index (κ1) is 16.3. The first-order valence-corrected chi connectivity index (χ1v) is 7.50. The smallest absolute Gasteiger partial charge is 0.282 e. The van der Waals surface area contributed by atoms with Crippen molar-refractivity contribution in [1.82, 2.24) is 20.4 Å². The van der Waals surface area contributed by atoms with E-state index in [2.05, 4.69) is 20.7 Å². The van der Waals surface area contributed by atoms with Gasteiger partial charge >= 0.3 is 0 Å². The Morgan fingerprint density at radius 1 is 1.55 bits per heavy atom. The lowest BCUT2D eigenvalue weighted by molar-refractivity contribution is -0.0412. The highest BCUT2D eigenvalue weighted by molar-refractivity contribution is 6.06. The first-order chi connectivity index (χ1) is 10.6. The maximum absolute atomic E-state index is 12.2. The second-order valence-electron chi connectivity index (χ2n) is 5.04. The molecule has 1 amide bonds. The Balaban J connectivity index is 2.28. The standard InChI is InChI=1S/C14H23N5O3/c1-4-9-12(20)11(13(21)17-14(15-2)16-3)18-19(9)10-7-5-6-8-22-10/h10,20H,4-8H2,1-3H3,(H2,15,16,17,21). The van der Waals surface area contributed by atoms with Gasteiger partial charge in [-0.05, 0) is 25.7 Å². The van der Waals surface area contributed by atoms with Gasteiger partial charge in [-0.1, -0.05) is 6.92 Å². The monoisotopic (exact) mass is 309 g/mol. The molecule has 8 nitrogen and oxygen atoms in total. The summed E-state index contributed by atoms with van der Waals surface area (Å²) in [5.74, 6) is -0.289. The summed E-state index contributed by atoms with van der Waals surface area (Å²) in [5.41, 5.74) is 0.596. The minimum atomic E-state index is -0.503. The van der Waals surface area contributed by atoms with Crippen molar-refractivity contribution in [3.8, 4) is 5.75 Å². The largest absolute Gasteiger partial charge is 0.504 e. The summed E-state index contributed by atoms with van der Waals surface area (Å²) in [7, 11) is 3.20. The van der Waals surface area contributed by atoms with Crippen LogP contribution in [0.15, 0.2) is 4.99 Å². The maximum Gasteiger partial charge on any atom is 0.282 e. The number of ether oxygens (including phenoxy) is 1. The normalized spacial score (nSPS) is 19.0. The summed E-state index contributed by atoms with van der Waals surface area (Å²) < 4.78 is 7.33. The molecule has 2 heterocycles. The molecule has 1 saturated heterocycles. The lowest BCUT2D eigenvalue weighted by Crippen LogP contribution is -2.39. The Morgan fingerprint density at radius 2 is 2.32 bits per heavy atom. The van der Waals surface area contributed by atoms with Gasteiger partial charge in [0.15, 0.2) is 23.6 Å². The van der Waals surface area contributed by atoms with Crippen molar-refractivity contribution < 1.29 is 14.6 Å². The zero-order valence-electron chi connectivity index (χ0n) is 13.2. The van der Waals surface area contributed by atoms with Crippen LogP contribution in [0.5, 0.6) is 5.75 Å². The zero-order chi connectivity index (χ0) is 16.1. The molecule has 8 heteroatoms. The average Bonchev–Trinajstić information content (AvgIpc) is 2.89. The van der Waals surface area contributed by atoms with Crippen LogP contribution in [0, 0.1) is 0 Å². The Morgan fingerprint density at radius 3 is 2.86 bits per heavy atom. The zero-order valence-corrected chi connectivity index (χ0v) is 13.2. The SMILES string of the molecule is CCc1c(O)c(C(=O)NC(=NC)NC)nn1C1CCCCO1. The van der Waals surface area contributed by atoms with Crippen molar-refractivity contribution in [3.05, 3.63) is 11.4 Å². The van der Waals surface area contributed by atoms with Gasteiger partial charge in [0.1, 0.15) is 0 Å². The van der Waals surface area contributed by atoms with Crippen LogP contribution in [0.3, 0.4) is 0 Å². The molecule has 0 radical (unpaired) electrons. The van der Waals surface area contributed by atoms with E-state index in [0.717, 1.165) is 19.3 Å². The molecule has 3 N–H and O–H groups in total. The lowest BCUT2D eigenvalue weighted by atomic mass is 10.2. The number of amides is 1. The highest BCUT2D eigenvalue weighted by atomic mass is 16.5. The highest BCUT2D eigenvalue weighted by Crippen LogP contribution is 2.30. The van der Waals surface area contributed by atoms with Crippen molar-refractivity contribution >= 4 is 11.9 Å². The fraction of sp³-hybridized carbons (Fsp3) is 0.643. The van der Waals surface area contributed by atoms with E-state index in [1.807, 2.05) is 6.92 Å². The molecule has 1 aliphatic heterocycles. The van der Waals surface area contributed by atoms with Crippen molar-refractivity contribution in [2.24, 2.45) is 4.99 Å².